The largest absolute Gasteiger partial charge is 0.361 e. The molecule has 8 heteroatoms. The summed E-state index contributed by atoms with van der Waals surface area (Å²) in [5.41, 5.74) is 3.16. The quantitative estimate of drug-likeness (QED) is 0.686. The zero-order valence-corrected chi connectivity index (χ0v) is 17.0. The predicted octanol–water partition coefficient (Wildman–Crippen LogP) is 2.22. The van der Waals surface area contributed by atoms with Crippen LogP contribution in [0.3, 0.4) is 0 Å². The van der Waals surface area contributed by atoms with Gasteiger partial charge in [0.2, 0.25) is 0 Å². The molecule has 5 rings (SSSR count). The molecule has 0 spiro atoms. The van der Waals surface area contributed by atoms with Crippen LogP contribution in [0, 0.1) is 0 Å². The Kier molecular flexibility index (Phi) is 3.94. The third kappa shape index (κ3) is 2.87. The molecule has 0 aromatic carbocycles. The number of fused-ring (bicyclic) bond motifs is 2. The van der Waals surface area contributed by atoms with Gasteiger partial charge in [0.25, 0.3) is 0 Å². The number of rotatable bonds is 4. The van der Waals surface area contributed by atoms with Gasteiger partial charge < -0.3 is 9.42 Å². The van der Waals surface area contributed by atoms with Crippen LogP contribution in [0.2, 0.25) is 0 Å². The van der Waals surface area contributed by atoms with E-state index in [1.165, 1.54) is 12.0 Å². The highest BCUT2D eigenvalue weighted by atomic mass is 16.5. The fourth-order valence-electron chi connectivity index (χ4n) is 4.11. The average Bonchev–Trinajstić information content (AvgIpc) is 3.29. The predicted molar refractivity (Wildman–Crippen MR) is 105 cm³/mol. The molecule has 148 valence electrons. The van der Waals surface area contributed by atoms with Crippen molar-refractivity contribution in [3.8, 4) is 0 Å². The highest BCUT2D eigenvalue weighted by molar-refractivity contribution is 5.48. The van der Waals surface area contributed by atoms with Crippen LogP contribution in [0.4, 0.5) is 5.82 Å². The first kappa shape index (κ1) is 17.6. The second-order valence-corrected chi connectivity index (χ2v) is 9.09. The molecular weight excluding hydrogens is 354 g/mol. The minimum atomic E-state index is -0.0966. The van der Waals surface area contributed by atoms with E-state index in [1.807, 2.05) is 16.6 Å². The van der Waals surface area contributed by atoms with E-state index in [2.05, 4.69) is 53.0 Å². The third-order valence-electron chi connectivity index (χ3n) is 5.91. The van der Waals surface area contributed by atoms with Crippen molar-refractivity contribution in [1.29, 1.82) is 0 Å². The van der Waals surface area contributed by atoms with Crippen molar-refractivity contribution in [3.05, 3.63) is 35.0 Å². The van der Waals surface area contributed by atoms with Crippen molar-refractivity contribution in [3.63, 3.8) is 0 Å². The summed E-state index contributed by atoms with van der Waals surface area (Å²) in [5, 5.41) is 17.7. The van der Waals surface area contributed by atoms with Gasteiger partial charge in [-0.2, -0.15) is 4.52 Å². The first-order valence-electron chi connectivity index (χ1n) is 10.0. The van der Waals surface area contributed by atoms with Crippen LogP contribution in [0.1, 0.15) is 50.0 Å². The first-order chi connectivity index (χ1) is 13.4. The van der Waals surface area contributed by atoms with Gasteiger partial charge in [0, 0.05) is 43.1 Å². The molecule has 0 radical (unpaired) electrons. The molecule has 0 saturated carbocycles. The maximum atomic E-state index is 5.49. The van der Waals surface area contributed by atoms with Crippen molar-refractivity contribution in [2.24, 2.45) is 0 Å². The highest BCUT2D eigenvalue weighted by Crippen LogP contribution is 2.28. The smallest absolute Gasteiger partial charge is 0.178 e. The molecule has 4 heterocycles. The normalized spacial score (nSPS) is 17.5. The van der Waals surface area contributed by atoms with Crippen LogP contribution in [0.25, 0.3) is 5.65 Å². The van der Waals surface area contributed by atoms with Gasteiger partial charge in [-0.15, -0.1) is 15.3 Å². The summed E-state index contributed by atoms with van der Waals surface area (Å²) < 4.78 is 7.37. The Hall–Kier alpha value is -2.48. The van der Waals surface area contributed by atoms with Crippen LogP contribution in [-0.2, 0) is 24.8 Å². The number of hydrogen-bond donors (Lipinski definition) is 0. The van der Waals surface area contributed by atoms with Gasteiger partial charge in [-0.3, -0.25) is 4.90 Å². The molecule has 2 aliphatic rings. The summed E-state index contributed by atoms with van der Waals surface area (Å²) in [6, 6.07) is 4.53. The Bertz CT molecular complexity index is 1010. The lowest BCUT2D eigenvalue weighted by atomic mass is 9.96. The highest BCUT2D eigenvalue weighted by Gasteiger charge is 2.33. The van der Waals surface area contributed by atoms with Gasteiger partial charge in [-0.1, -0.05) is 25.9 Å². The van der Waals surface area contributed by atoms with Crippen LogP contribution in [-0.4, -0.2) is 56.0 Å². The van der Waals surface area contributed by atoms with Crippen LogP contribution in [0.5, 0.6) is 0 Å². The Morgan fingerprint density at radius 1 is 1.18 bits per heavy atom. The first-order valence-corrected chi connectivity index (χ1v) is 10.0. The van der Waals surface area contributed by atoms with Crippen molar-refractivity contribution < 1.29 is 4.52 Å². The molecule has 0 amide bonds. The minimum absolute atomic E-state index is 0.0966. The second kappa shape index (κ2) is 6.27. The minimum Gasteiger partial charge on any atom is -0.361 e. The maximum Gasteiger partial charge on any atom is 0.178 e. The Morgan fingerprint density at radius 3 is 2.79 bits per heavy atom. The Morgan fingerprint density at radius 2 is 2.00 bits per heavy atom. The van der Waals surface area contributed by atoms with Crippen molar-refractivity contribution >= 4 is 11.5 Å². The Labute approximate surface area is 164 Å². The summed E-state index contributed by atoms with van der Waals surface area (Å²) >= 11 is 0. The summed E-state index contributed by atoms with van der Waals surface area (Å²) in [4.78, 5) is 4.69. The molecule has 0 N–H and O–H groups in total. The van der Waals surface area contributed by atoms with Gasteiger partial charge >= 0.3 is 0 Å². The zero-order chi connectivity index (χ0) is 19.5. The van der Waals surface area contributed by atoms with Crippen LogP contribution in [0.15, 0.2) is 16.7 Å². The molecule has 0 atom stereocenters. The third-order valence-corrected chi connectivity index (χ3v) is 5.91. The van der Waals surface area contributed by atoms with Crippen molar-refractivity contribution in [2.75, 3.05) is 25.0 Å². The molecule has 1 saturated heterocycles. The fourth-order valence-corrected chi connectivity index (χ4v) is 4.11. The van der Waals surface area contributed by atoms with E-state index >= 15 is 0 Å². The van der Waals surface area contributed by atoms with Gasteiger partial charge in [0.1, 0.15) is 17.3 Å². The second-order valence-electron chi connectivity index (χ2n) is 9.09. The molecule has 28 heavy (non-hydrogen) atoms. The van der Waals surface area contributed by atoms with Gasteiger partial charge in [-0.05, 0) is 32.0 Å². The number of anilines is 1. The van der Waals surface area contributed by atoms with E-state index in [9.17, 15) is 0 Å². The zero-order valence-electron chi connectivity index (χ0n) is 17.0. The molecule has 0 bridgehead atoms. The molecule has 8 nitrogen and oxygen atoms in total. The van der Waals surface area contributed by atoms with E-state index in [0.29, 0.717) is 6.04 Å². The van der Waals surface area contributed by atoms with E-state index < -0.39 is 0 Å². The number of likely N-dealkylation sites (N-methyl/N-ethyl adjacent to an activating group) is 1. The summed E-state index contributed by atoms with van der Waals surface area (Å²) in [7, 11) is 2.17. The molecule has 3 aromatic heterocycles. The Balaban J connectivity index is 1.27. The standard InChI is InChI=1S/C20H27N7O/c1-20(2,3)19-22-21-17-8-9-18(23-27(17)19)26-10-13(11-26)25(4)12-15-14-6-5-7-16(14)28-24-15/h8-9,13H,5-7,10-12H2,1-4H3. The topological polar surface area (TPSA) is 75.6 Å². The lowest BCUT2D eigenvalue weighted by molar-refractivity contribution is 0.191. The molecule has 3 aromatic rings. The number of nitrogens with zero attached hydrogens (tertiary/aromatic N) is 7. The number of aryl methyl sites for hydroxylation is 1. The molecule has 1 aliphatic heterocycles. The van der Waals surface area contributed by atoms with E-state index in [0.717, 1.165) is 61.2 Å². The van der Waals surface area contributed by atoms with Gasteiger partial charge in [0.15, 0.2) is 11.5 Å². The molecule has 0 unspecified atom stereocenters. The molecule has 1 aliphatic carbocycles. The average molecular weight is 381 g/mol. The fraction of sp³-hybridized carbons (Fsp3) is 0.600. The van der Waals surface area contributed by atoms with E-state index in [-0.39, 0.29) is 5.41 Å². The molecule has 1 fully saturated rings. The van der Waals surface area contributed by atoms with Gasteiger partial charge in [-0.25, -0.2) is 0 Å². The molecular formula is C20H27N7O. The van der Waals surface area contributed by atoms with E-state index in [4.69, 9.17) is 9.62 Å². The van der Waals surface area contributed by atoms with E-state index in [1.54, 1.807) is 0 Å². The number of aromatic nitrogens is 5. The summed E-state index contributed by atoms with van der Waals surface area (Å²) in [6.45, 7) is 9.17. The lowest BCUT2D eigenvalue weighted by Crippen LogP contribution is -2.58. The maximum absolute atomic E-state index is 5.49. The number of hydrogen-bond acceptors (Lipinski definition) is 7. The van der Waals surface area contributed by atoms with Crippen LogP contribution < -0.4 is 4.90 Å². The van der Waals surface area contributed by atoms with Crippen molar-refractivity contribution in [1.82, 2.24) is 29.9 Å². The monoisotopic (exact) mass is 381 g/mol. The summed E-state index contributed by atoms with van der Waals surface area (Å²) in [6.07, 6.45) is 3.34. The lowest BCUT2D eigenvalue weighted by Gasteiger charge is -2.44. The van der Waals surface area contributed by atoms with Crippen molar-refractivity contribution in [2.45, 2.75) is 58.0 Å². The SMILES string of the molecule is CN(Cc1noc2c1CCC2)C1CN(c2ccc3nnc(C(C)(C)C)n3n2)C1. The summed E-state index contributed by atoms with van der Waals surface area (Å²) in [5.74, 6) is 2.96. The van der Waals surface area contributed by atoms with Crippen LogP contribution >= 0.6 is 0 Å². The van der Waals surface area contributed by atoms with Gasteiger partial charge in [0.05, 0.1) is 0 Å².